The average Bonchev–Trinajstić information content (AvgIpc) is 3.28. The van der Waals surface area contributed by atoms with E-state index in [4.69, 9.17) is 0 Å². The predicted molar refractivity (Wildman–Crippen MR) is 92.5 cm³/mol. The maximum Gasteiger partial charge on any atom is 0.230 e. The number of pyridine rings is 1. The van der Waals surface area contributed by atoms with Crippen LogP contribution in [0.1, 0.15) is 32.6 Å². The SMILES string of the molecule is C[C@@H](NC(=O)CSc1ncc2ccccn12)[C@H]1C[C@H]2CC[C@H]1C2. The maximum absolute atomic E-state index is 12.3. The predicted octanol–water partition coefficient (Wildman–Crippen LogP) is 3.37. The Balaban J connectivity index is 1.32. The van der Waals surface area contributed by atoms with E-state index in [1.165, 1.54) is 37.4 Å². The van der Waals surface area contributed by atoms with E-state index in [9.17, 15) is 4.79 Å². The van der Waals surface area contributed by atoms with Crippen molar-refractivity contribution in [2.45, 2.75) is 43.8 Å². The summed E-state index contributed by atoms with van der Waals surface area (Å²) in [6.07, 6.45) is 9.30. The molecule has 0 saturated heterocycles. The summed E-state index contributed by atoms with van der Waals surface area (Å²) < 4.78 is 2.03. The van der Waals surface area contributed by atoms with Gasteiger partial charge in [-0.2, -0.15) is 0 Å². The van der Waals surface area contributed by atoms with Crippen molar-refractivity contribution in [3.63, 3.8) is 0 Å². The zero-order valence-electron chi connectivity index (χ0n) is 13.4. The zero-order valence-corrected chi connectivity index (χ0v) is 14.3. The molecule has 2 aliphatic carbocycles. The quantitative estimate of drug-likeness (QED) is 0.856. The number of carbonyl (C=O) groups is 1. The largest absolute Gasteiger partial charge is 0.353 e. The Morgan fingerprint density at radius 3 is 3.13 bits per heavy atom. The van der Waals surface area contributed by atoms with E-state index in [-0.39, 0.29) is 5.91 Å². The lowest BCUT2D eigenvalue weighted by molar-refractivity contribution is -0.119. The minimum atomic E-state index is 0.123. The van der Waals surface area contributed by atoms with Gasteiger partial charge in [-0.25, -0.2) is 4.98 Å². The number of carbonyl (C=O) groups excluding carboxylic acids is 1. The van der Waals surface area contributed by atoms with Gasteiger partial charge in [0, 0.05) is 12.2 Å². The summed E-state index contributed by atoms with van der Waals surface area (Å²) in [7, 11) is 0. The van der Waals surface area contributed by atoms with Crippen molar-refractivity contribution < 1.29 is 4.79 Å². The van der Waals surface area contributed by atoms with Gasteiger partial charge in [0.15, 0.2) is 5.16 Å². The van der Waals surface area contributed by atoms with Crippen molar-refractivity contribution in [1.29, 1.82) is 0 Å². The summed E-state index contributed by atoms with van der Waals surface area (Å²) in [6, 6.07) is 6.30. The van der Waals surface area contributed by atoms with Gasteiger partial charge in [0.05, 0.1) is 17.5 Å². The van der Waals surface area contributed by atoms with Crippen LogP contribution >= 0.6 is 11.8 Å². The molecule has 2 aromatic rings. The minimum absolute atomic E-state index is 0.123. The molecule has 0 unspecified atom stereocenters. The van der Waals surface area contributed by atoms with Gasteiger partial charge in [-0.15, -0.1) is 0 Å². The van der Waals surface area contributed by atoms with Crippen LogP contribution in [0.4, 0.5) is 0 Å². The molecule has 2 aromatic heterocycles. The van der Waals surface area contributed by atoms with E-state index < -0.39 is 0 Å². The fourth-order valence-electron chi connectivity index (χ4n) is 4.47. The highest BCUT2D eigenvalue weighted by molar-refractivity contribution is 7.99. The number of nitrogens with one attached hydrogen (secondary N) is 1. The smallest absolute Gasteiger partial charge is 0.230 e. The van der Waals surface area contributed by atoms with Crippen LogP contribution in [-0.2, 0) is 4.79 Å². The molecule has 4 rings (SSSR count). The Morgan fingerprint density at radius 2 is 2.35 bits per heavy atom. The number of amides is 1. The molecule has 2 fully saturated rings. The Labute approximate surface area is 141 Å². The topological polar surface area (TPSA) is 46.4 Å². The molecular weight excluding hydrogens is 306 g/mol. The molecule has 2 heterocycles. The van der Waals surface area contributed by atoms with E-state index in [0.717, 1.165) is 22.5 Å². The highest BCUT2D eigenvalue weighted by atomic mass is 32.2. The molecule has 0 radical (unpaired) electrons. The Morgan fingerprint density at radius 1 is 1.43 bits per heavy atom. The second-order valence-corrected chi connectivity index (χ2v) is 7.96. The molecule has 5 heteroatoms. The highest BCUT2D eigenvalue weighted by Crippen LogP contribution is 2.49. The third kappa shape index (κ3) is 2.99. The van der Waals surface area contributed by atoms with Crippen LogP contribution in [-0.4, -0.2) is 27.1 Å². The lowest BCUT2D eigenvalue weighted by Gasteiger charge is -2.28. The molecule has 0 aliphatic heterocycles. The molecule has 0 aromatic carbocycles. The zero-order chi connectivity index (χ0) is 15.8. The number of imidazole rings is 1. The lowest BCUT2D eigenvalue weighted by atomic mass is 9.84. The standard InChI is InChI=1S/C18H23N3OS/c1-12(16-9-13-5-6-14(16)8-13)20-17(22)11-23-18-19-10-15-4-2-3-7-21(15)18/h2-4,7,10,12-14,16H,5-6,8-9,11H2,1H3,(H,20,22)/t12-,13+,14+,16-/m1/s1. The van der Waals surface area contributed by atoms with Crippen molar-refractivity contribution in [3.05, 3.63) is 30.6 Å². The summed E-state index contributed by atoms with van der Waals surface area (Å²) in [6.45, 7) is 2.18. The van der Waals surface area contributed by atoms with Crippen molar-refractivity contribution in [3.8, 4) is 0 Å². The van der Waals surface area contributed by atoms with Gasteiger partial charge in [-0.1, -0.05) is 24.2 Å². The van der Waals surface area contributed by atoms with E-state index in [2.05, 4.69) is 17.2 Å². The van der Waals surface area contributed by atoms with Crippen LogP contribution in [0, 0.1) is 17.8 Å². The minimum Gasteiger partial charge on any atom is -0.353 e. The summed E-state index contributed by atoms with van der Waals surface area (Å²) in [4.78, 5) is 16.7. The first-order valence-corrected chi connectivity index (χ1v) is 9.53. The Kier molecular flexibility index (Phi) is 4.05. The van der Waals surface area contributed by atoms with Crippen molar-refractivity contribution >= 4 is 23.2 Å². The lowest BCUT2D eigenvalue weighted by Crippen LogP contribution is -2.40. The van der Waals surface area contributed by atoms with Crippen LogP contribution < -0.4 is 5.32 Å². The maximum atomic E-state index is 12.3. The van der Waals surface area contributed by atoms with E-state index in [0.29, 0.717) is 17.7 Å². The number of aromatic nitrogens is 2. The summed E-state index contributed by atoms with van der Waals surface area (Å²) >= 11 is 1.50. The molecule has 2 aliphatic rings. The first kappa shape index (κ1) is 15.1. The van der Waals surface area contributed by atoms with E-state index in [1.807, 2.05) is 35.0 Å². The molecular formula is C18H23N3OS. The fourth-order valence-corrected chi connectivity index (χ4v) is 5.24. The third-order valence-corrected chi connectivity index (χ3v) is 6.53. The molecule has 2 bridgehead atoms. The average molecular weight is 329 g/mol. The number of thioether (sulfide) groups is 1. The van der Waals surface area contributed by atoms with E-state index >= 15 is 0 Å². The molecule has 4 atom stereocenters. The van der Waals surface area contributed by atoms with Gasteiger partial charge in [-0.3, -0.25) is 9.20 Å². The Bertz CT molecular complexity index is 713. The first-order valence-electron chi connectivity index (χ1n) is 8.55. The summed E-state index contributed by atoms with van der Waals surface area (Å²) in [5.74, 6) is 3.02. The Hall–Kier alpha value is -1.49. The van der Waals surface area contributed by atoms with Gasteiger partial charge in [0.2, 0.25) is 5.91 Å². The number of rotatable bonds is 5. The normalized spacial score (nSPS) is 27.4. The van der Waals surface area contributed by atoms with Gasteiger partial charge in [-0.05, 0) is 56.1 Å². The van der Waals surface area contributed by atoms with Crippen molar-refractivity contribution in [2.75, 3.05) is 5.75 Å². The molecule has 4 nitrogen and oxygen atoms in total. The number of hydrogen-bond donors (Lipinski definition) is 1. The number of hydrogen-bond acceptors (Lipinski definition) is 3. The summed E-state index contributed by atoms with van der Waals surface area (Å²) in [5, 5.41) is 4.10. The molecule has 0 spiro atoms. The molecule has 23 heavy (non-hydrogen) atoms. The van der Waals surface area contributed by atoms with Gasteiger partial charge >= 0.3 is 0 Å². The number of nitrogens with zero attached hydrogens (tertiary/aromatic N) is 2. The second kappa shape index (κ2) is 6.19. The van der Waals surface area contributed by atoms with Crippen LogP contribution in [0.15, 0.2) is 35.7 Å². The molecule has 1 N–H and O–H groups in total. The fraction of sp³-hybridized carbons (Fsp3) is 0.556. The monoisotopic (exact) mass is 329 g/mol. The first-order chi connectivity index (χ1) is 11.2. The van der Waals surface area contributed by atoms with Crippen molar-refractivity contribution in [2.24, 2.45) is 17.8 Å². The third-order valence-electron chi connectivity index (χ3n) is 5.56. The molecule has 122 valence electrons. The van der Waals surface area contributed by atoms with E-state index in [1.54, 1.807) is 0 Å². The van der Waals surface area contributed by atoms with Crippen molar-refractivity contribution in [1.82, 2.24) is 14.7 Å². The van der Waals surface area contributed by atoms with Crippen LogP contribution in [0.3, 0.4) is 0 Å². The molecule has 2 saturated carbocycles. The van der Waals surface area contributed by atoms with Gasteiger partial charge in [0.1, 0.15) is 0 Å². The van der Waals surface area contributed by atoms with Crippen LogP contribution in [0.5, 0.6) is 0 Å². The number of fused-ring (bicyclic) bond motifs is 3. The van der Waals surface area contributed by atoms with Gasteiger partial charge in [0.25, 0.3) is 0 Å². The van der Waals surface area contributed by atoms with Crippen LogP contribution in [0.2, 0.25) is 0 Å². The van der Waals surface area contributed by atoms with Gasteiger partial charge < -0.3 is 5.32 Å². The highest BCUT2D eigenvalue weighted by Gasteiger charge is 2.42. The van der Waals surface area contributed by atoms with Crippen LogP contribution in [0.25, 0.3) is 5.52 Å². The second-order valence-electron chi connectivity index (χ2n) is 7.02. The molecule has 1 amide bonds. The summed E-state index contributed by atoms with van der Waals surface area (Å²) in [5.41, 5.74) is 1.06.